The van der Waals surface area contributed by atoms with E-state index in [1.807, 2.05) is 31.2 Å². The number of guanidine groups is 1. The van der Waals surface area contributed by atoms with Crippen LogP contribution in [0.4, 0.5) is 0 Å². The Balaban J connectivity index is 0.00000312. The van der Waals surface area contributed by atoms with Gasteiger partial charge in [0, 0.05) is 12.7 Å². The number of aliphatic imine (C=N–C) groups is 1. The maximum absolute atomic E-state index is 5.90. The van der Waals surface area contributed by atoms with Gasteiger partial charge in [0.2, 0.25) is 0 Å². The van der Waals surface area contributed by atoms with Crippen LogP contribution in [0.2, 0.25) is 0 Å². The van der Waals surface area contributed by atoms with Crippen LogP contribution in [-0.4, -0.2) is 30.6 Å². The molecule has 1 aromatic heterocycles. The molecule has 1 heterocycles. The summed E-state index contributed by atoms with van der Waals surface area (Å²) in [5.41, 5.74) is 3.26. The average molecular weight is 454 g/mol. The van der Waals surface area contributed by atoms with Crippen molar-refractivity contribution in [3.63, 3.8) is 0 Å². The molecule has 0 spiro atoms. The van der Waals surface area contributed by atoms with E-state index in [0.717, 1.165) is 35.1 Å². The van der Waals surface area contributed by atoms with Gasteiger partial charge in [-0.2, -0.15) is 0 Å². The highest BCUT2D eigenvalue weighted by Crippen LogP contribution is 2.21. The van der Waals surface area contributed by atoms with E-state index in [9.17, 15) is 0 Å². The van der Waals surface area contributed by atoms with Gasteiger partial charge in [0.15, 0.2) is 5.96 Å². The Morgan fingerprint density at radius 1 is 1.08 bits per heavy atom. The zero-order valence-electron chi connectivity index (χ0n) is 15.1. The van der Waals surface area contributed by atoms with Crippen LogP contribution in [0.3, 0.4) is 0 Å². The predicted octanol–water partition coefficient (Wildman–Crippen LogP) is 3.45. The molecule has 2 rings (SSSR count). The van der Waals surface area contributed by atoms with Crippen molar-refractivity contribution in [2.45, 2.75) is 27.3 Å². The molecule has 0 fully saturated rings. The predicted molar refractivity (Wildman–Crippen MR) is 114 cm³/mol. The summed E-state index contributed by atoms with van der Waals surface area (Å²) >= 11 is 0. The summed E-state index contributed by atoms with van der Waals surface area (Å²) < 4.78 is 5.90. The lowest BCUT2D eigenvalue weighted by atomic mass is 10.1. The molecule has 0 atom stereocenters. The number of para-hydroxylation sites is 1. The Morgan fingerprint density at radius 3 is 2.48 bits per heavy atom. The monoisotopic (exact) mass is 454 g/mol. The number of ether oxygens (including phenoxy) is 1. The van der Waals surface area contributed by atoms with Crippen LogP contribution in [0, 0.1) is 13.8 Å². The molecule has 0 radical (unpaired) electrons. The third-order valence-electron chi connectivity index (χ3n) is 3.52. The number of rotatable bonds is 7. The van der Waals surface area contributed by atoms with Crippen LogP contribution >= 0.6 is 24.0 Å². The SMILES string of the molecule is CCNC(=NCc1ccccn1)NCCOc1c(C)cccc1C.I. The fourth-order valence-electron chi connectivity index (χ4n) is 2.34. The van der Waals surface area contributed by atoms with E-state index in [2.05, 4.69) is 46.6 Å². The number of nitrogens with one attached hydrogen (secondary N) is 2. The van der Waals surface area contributed by atoms with Crippen molar-refractivity contribution in [2.24, 2.45) is 4.99 Å². The lowest BCUT2D eigenvalue weighted by molar-refractivity contribution is 0.317. The highest BCUT2D eigenvalue weighted by molar-refractivity contribution is 14.0. The molecule has 1 aromatic carbocycles. The van der Waals surface area contributed by atoms with Gasteiger partial charge in [-0.1, -0.05) is 24.3 Å². The molecule has 5 nitrogen and oxygen atoms in total. The van der Waals surface area contributed by atoms with Gasteiger partial charge in [0.05, 0.1) is 18.8 Å². The number of benzene rings is 1. The van der Waals surface area contributed by atoms with Crippen molar-refractivity contribution in [3.05, 3.63) is 59.4 Å². The fourth-order valence-corrected chi connectivity index (χ4v) is 2.34. The van der Waals surface area contributed by atoms with Crippen LogP contribution < -0.4 is 15.4 Å². The second-order valence-electron chi connectivity index (χ2n) is 5.51. The molecular weight excluding hydrogens is 427 g/mol. The highest BCUT2D eigenvalue weighted by Gasteiger charge is 2.03. The second kappa shape index (κ2) is 11.7. The van der Waals surface area contributed by atoms with E-state index in [1.54, 1.807) is 6.20 Å². The summed E-state index contributed by atoms with van der Waals surface area (Å²) in [5.74, 6) is 1.74. The van der Waals surface area contributed by atoms with E-state index in [-0.39, 0.29) is 24.0 Å². The number of halogens is 1. The number of aromatic nitrogens is 1. The van der Waals surface area contributed by atoms with Crippen LogP contribution in [0.25, 0.3) is 0 Å². The molecule has 136 valence electrons. The first-order valence-electron chi connectivity index (χ1n) is 8.31. The van der Waals surface area contributed by atoms with Crippen LogP contribution in [0.5, 0.6) is 5.75 Å². The summed E-state index contributed by atoms with van der Waals surface area (Å²) in [6.45, 7) is 8.80. The van der Waals surface area contributed by atoms with E-state index < -0.39 is 0 Å². The van der Waals surface area contributed by atoms with E-state index in [1.165, 1.54) is 0 Å². The van der Waals surface area contributed by atoms with E-state index >= 15 is 0 Å². The van der Waals surface area contributed by atoms with Gasteiger partial charge in [0.25, 0.3) is 0 Å². The first kappa shape index (κ1) is 21.2. The highest BCUT2D eigenvalue weighted by atomic mass is 127. The molecule has 0 unspecified atom stereocenters. The summed E-state index contributed by atoms with van der Waals surface area (Å²) in [5, 5.41) is 6.52. The fraction of sp³-hybridized carbons (Fsp3) is 0.368. The minimum Gasteiger partial charge on any atom is -0.491 e. The number of nitrogens with zero attached hydrogens (tertiary/aromatic N) is 2. The van der Waals surface area contributed by atoms with E-state index in [0.29, 0.717) is 19.7 Å². The van der Waals surface area contributed by atoms with Crippen LogP contribution in [0.15, 0.2) is 47.6 Å². The van der Waals surface area contributed by atoms with Crippen molar-refractivity contribution >= 4 is 29.9 Å². The lowest BCUT2D eigenvalue weighted by Crippen LogP contribution is -2.39. The third kappa shape index (κ3) is 7.29. The Labute approximate surface area is 167 Å². The maximum atomic E-state index is 5.90. The molecule has 25 heavy (non-hydrogen) atoms. The summed E-state index contributed by atoms with van der Waals surface area (Å²) in [4.78, 5) is 8.82. The van der Waals surface area contributed by atoms with Gasteiger partial charge in [-0.25, -0.2) is 4.99 Å². The van der Waals surface area contributed by atoms with E-state index in [4.69, 9.17) is 4.74 Å². The Kier molecular flexibility index (Phi) is 9.91. The van der Waals surface area contributed by atoms with Crippen molar-refractivity contribution < 1.29 is 4.74 Å². The average Bonchev–Trinajstić information content (AvgIpc) is 2.59. The zero-order chi connectivity index (χ0) is 17.2. The molecule has 2 N–H and O–H groups in total. The molecule has 0 aliphatic carbocycles. The standard InChI is InChI=1S/C19H26N4O.HI/c1-4-20-19(23-14-17-10-5-6-11-21-17)22-12-13-24-18-15(2)8-7-9-16(18)3;/h5-11H,4,12-14H2,1-3H3,(H2,20,22,23);1H. The molecule has 6 heteroatoms. The van der Waals surface area contributed by atoms with Gasteiger partial charge in [0.1, 0.15) is 12.4 Å². The largest absolute Gasteiger partial charge is 0.491 e. The molecular formula is C19H27IN4O. The first-order chi connectivity index (χ1) is 11.7. The second-order valence-corrected chi connectivity index (χ2v) is 5.51. The molecule has 0 aliphatic heterocycles. The molecule has 0 saturated heterocycles. The Bertz CT molecular complexity index is 641. The molecule has 0 bridgehead atoms. The molecule has 0 saturated carbocycles. The normalized spacial score (nSPS) is 10.8. The molecule has 2 aromatic rings. The van der Waals surface area contributed by atoms with Crippen LogP contribution in [0.1, 0.15) is 23.7 Å². The van der Waals surface area contributed by atoms with Gasteiger partial charge >= 0.3 is 0 Å². The maximum Gasteiger partial charge on any atom is 0.191 e. The summed E-state index contributed by atoms with van der Waals surface area (Å²) in [7, 11) is 0. The van der Waals surface area contributed by atoms with Gasteiger partial charge in [-0.3, -0.25) is 4.98 Å². The van der Waals surface area contributed by atoms with Crippen LogP contribution in [-0.2, 0) is 6.54 Å². The number of aryl methyl sites for hydroxylation is 2. The number of hydrogen-bond acceptors (Lipinski definition) is 3. The zero-order valence-corrected chi connectivity index (χ0v) is 17.4. The van der Waals surface area contributed by atoms with Crippen molar-refractivity contribution in [3.8, 4) is 5.75 Å². The lowest BCUT2D eigenvalue weighted by Gasteiger charge is -2.14. The van der Waals surface area contributed by atoms with Crippen molar-refractivity contribution in [2.75, 3.05) is 19.7 Å². The Morgan fingerprint density at radius 2 is 1.84 bits per heavy atom. The minimum absolute atomic E-state index is 0. The quantitative estimate of drug-likeness (QED) is 0.291. The van der Waals surface area contributed by atoms with Gasteiger partial charge in [-0.15, -0.1) is 24.0 Å². The Hall–Kier alpha value is -1.83. The number of pyridine rings is 1. The number of hydrogen-bond donors (Lipinski definition) is 2. The van der Waals surface area contributed by atoms with Crippen molar-refractivity contribution in [1.29, 1.82) is 0 Å². The smallest absolute Gasteiger partial charge is 0.191 e. The van der Waals surface area contributed by atoms with Gasteiger partial charge in [-0.05, 0) is 44.0 Å². The topological polar surface area (TPSA) is 58.5 Å². The van der Waals surface area contributed by atoms with Gasteiger partial charge < -0.3 is 15.4 Å². The van der Waals surface area contributed by atoms with Crippen molar-refractivity contribution in [1.82, 2.24) is 15.6 Å². The molecule has 0 aliphatic rings. The summed E-state index contributed by atoms with van der Waals surface area (Å²) in [6.07, 6.45) is 1.78. The first-order valence-corrected chi connectivity index (χ1v) is 8.31. The molecule has 0 amide bonds. The third-order valence-corrected chi connectivity index (χ3v) is 3.52. The minimum atomic E-state index is 0. The summed E-state index contributed by atoms with van der Waals surface area (Å²) in [6, 6.07) is 12.0.